The first-order chi connectivity index (χ1) is 11.9. The molecule has 0 bridgehead atoms. The lowest BCUT2D eigenvalue weighted by Gasteiger charge is -2.35. The summed E-state index contributed by atoms with van der Waals surface area (Å²) in [5.41, 5.74) is 4.00. The van der Waals surface area contributed by atoms with Gasteiger partial charge in [-0.3, -0.25) is 9.69 Å². The summed E-state index contributed by atoms with van der Waals surface area (Å²) >= 11 is 0. The lowest BCUT2D eigenvalue weighted by molar-refractivity contribution is 0.139. The molecule has 1 aromatic carbocycles. The Kier molecular flexibility index (Phi) is 5.16. The van der Waals surface area contributed by atoms with Crippen molar-refractivity contribution < 1.29 is 0 Å². The van der Waals surface area contributed by atoms with E-state index in [2.05, 4.69) is 28.9 Å². The van der Waals surface area contributed by atoms with Crippen molar-refractivity contribution in [3.05, 3.63) is 39.7 Å². The van der Waals surface area contributed by atoms with E-state index >= 15 is 0 Å². The Labute approximate surface area is 150 Å². The fourth-order valence-corrected chi connectivity index (χ4v) is 3.72. The van der Waals surface area contributed by atoms with Crippen LogP contribution in [0.15, 0.2) is 23.0 Å². The van der Waals surface area contributed by atoms with Crippen molar-refractivity contribution in [3.8, 4) is 0 Å². The first kappa shape index (κ1) is 18.0. The van der Waals surface area contributed by atoms with E-state index < -0.39 is 0 Å². The zero-order valence-electron chi connectivity index (χ0n) is 16.1. The molecule has 1 aromatic heterocycles. The second-order valence-corrected chi connectivity index (χ2v) is 7.63. The standard InChI is InChI=1S/C20H30N4O/c1-14-18(13-24(5)15-8-10-23(4)11-9-15)20(25)17-12-16(22(2)3)6-7-19(17)21-14/h6-7,12,15H,8-11,13H2,1-5H3,(H,21,25). The Morgan fingerprint density at radius 2 is 1.88 bits per heavy atom. The largest absolute Gasteiger partial charge is 0.378 e. The number of anilines is 1. The van der Waals surface area contributed by atoms with Gasteiger partial charge >= 0.3 is 0 Å². The molecule has 2 aromatic rings. The maximum Gasteiger partial charge on any atom is 0.194 e. The molecule has 3 rings (SSSR count). The van der Waals surface area contributed by atoms with Crippen LogP contribution in [0.1, 0.15) is 24.1 Å². The molecule has 0 amide bonds. The quantitative estimate of drug-likeness (QED) is 0.927. The molecular formula is C20H30N4O. The molecule has 136 valence electrons. The number of aromatic amines is 1. The monoisotopic (exact) mass is 342 g/mol. The zero-order valence-corrected chi connectivity index (χ0v) is 16.1. The molecule has 1 aliphatic heterocycles. The van der Waals surface area contributed by atoms with Crippen LogP contribution in [0.3, 0.4) is 0 Å². The molecule has 1 N–H and O–H groups in total. The predicted molar refractivity (Wildman–Crippen MR) is 106 cm³/mol. The number of pyridine rings is 1. The molecule has 0 aliphatic carbocycles. The summed E-state index contributed by atoms with van der Waals surface area (Å²) in [6.07, 6.45) is 2.34. The Morgan fingerprint density at radius 3 is 2.52 bits per heavy atom. The first-order valence-electron chi connectivity index (χ1n) is 9.08. The van der Waals surface area contributed by atoms with Gasteiger partial charge in [-0.25, -0.2) is 0 Å². The number of H-pyrrole nitrogens is 1. The Morgan fingerprint density at radius 1 is 1.20 bits per heavy atom. The van der Waals surface area contributed by atoms with Crippen LogP contribution in [0, 0.1) is 6.92 Å². The predicted octanol–water partition coefficient (Wildman–Crippen LogP) is 2.43. The van der Waals surface area contributed by atoms with E-state index in [4.69, 9.17) is 0 Å². The summed E-state index contributed by atoms with van der Waals surface area (Å²) < 4.78 is 0. The van der Waals surface area contributed by atoms with Crippen LogP contribution >= 0.6 is 0 Å². The number of rotatable bonds is 4. The molecule has 0 radical (unpaired) electrons. The molecule has 0 unspecified atom stereocenters. The summed E-state index contributed by atoms with van der Waals surface area (Å²) in [7, 11) is 8.32. The van der Waals surface area contributed by atoms with E-state index in [0.717, 1.165) is 40.9 Å². The molecule has 0 saturated carbocycles. The van der Waals surface area contributed by atoms with E-state index in [1.165, 1.54) is 12.8 Å². The van der Waals surface area contributed by atoms with Gasteiger partial charge in [-0.15, -0.1) is 0 Å². The number of likely N-dealkylation sites (tertiary alicyclic amines) is 1. The minimum Gasteiger partial charge on any atom is -0.378 e. The fraction of sp³-hybridized carbons (Fsp3) is 0.550. The number of fused-ring (bicyclic) bond motifs is 1. The van der Waals surface area contributed by atoms with Crippen molar-refractivity contribution in [2.75, 3.05) is 46.2 Å². The van der Waals surface area contributed by atoms with E-state index in [0.29, 0.717) is 12.6 Å². The van der Waals surface area contributed by atoms with Gasteiger partial charge in [0, 0.05) is 54.5 Å². The lowest BCUT2D eigenvalue weighted by Crippen LogP contribution is -2.42. The number of hydrogen-bond donors (Lipinski definition) is 1. The van der Waals surface area contributed by atoms with Gasteiger partial charge in [0.1, 0.15) is 0 Å². The average Bonchev–Trinajstić information content (AvgIpc) is 2.58. The van der Waals surface area contributed by atoms with Crippen LogP contribution < -0.4 is 10.3 Å². The normalized spacial score (nSPS) is 16.7. The van der Waals surface area contributed by atoms with Crippen LogP contribution in [0.5, 0.6) is 0 Å². The fourth-order valence-electron chi connectivity index (χ4n) is 3.72. The lowest BCUT2D eigenvalue weighted by atomic mass is 10.0. The van der Waals surface area contributed by atoms with Gasteiger partial charge in [-0.1, -0.05) is 0 Å². The minimum absolute atomic E-state index is 0.162. The average molecular weight is 342 g/mol. The number of hydrogen-bond acceptors (Lipinski definition) is 4. The number of nitrogens with zero attached hydrogens (tertiary/aromatic N) is 3. The third-order valence-corrected chi connectivity index (χ3v) is 5.53. The Hall–Kier alpha value is -1.85. The third-order valence-electron chi connectivity index (χ3n) is 5.53. The SMILES string of the molecule is Cc1[nH]c2ccc(N(C)C)cc2c(=O)c1CN(C)C1CCN(C)CC1. The van der Waals surface area contributed by atoms with Crippen LogP contribution in [-0.2, 0) is 6.54 Å². The summed E-state index contributed by atoms with van der Waals surface area (Å²) in [5.74, 6) is 0. The molecule has 5 nitrogen and oxygen atoms in total. The van der Waals surface area contributed by atoms with Gasteiger partial charge < -0.3 is 14.8 Å². The van der Waals surface area contributed by atoms with Gasteiger partial charge in [0.25, 0.3) is 0 Å². The molecule has 0 atom stereocenters. The highest BCUT2D eigenvalue weighted by Gasteiger charge is 2.22. The molecule has 25 heavy (non-hydrogen) atoms. The van der Waals surface area contributed by atoms with Crippen LogP contribution in [0.2, 0.25) is 0 Å². The van der Waals surface area contributed by atoms with Crippen LogP contribution in [0.4, 0.5) is 5.69 Å². The topological polar surface area (TPSA) is 42.6 Å². The van der Waals surface area contributed by atoms with Gasteiger partial charge in [-0.2, -0.15) is 0 Å². The second-order valence-electron chi connectivity index (χ2n) is 7.63. The summed E-state index contributed by atoms with van der Waals surface area (Å²) in [4.78, 5) is 23.3. The van der Waals surface area contributed by atoms with Gasteiger partial charge in [-0.05, 0) is 65.1 Å². The van der Waals surface area contributed by atoms with Gasteiger partial charge in [0.05, 0.1) is 0 Å². The molecule has 1 aliphatic rings. The maximum absolute atomic E-state index is 13.1. The molecule has 1 saturated heterocycles. The highest BCUT2D eigenvalue weighted by molar-refractivity contribution is 5.83. The Balaban J connectivity index is 1.91. The molecule has 5 heteroatoms. The molecule has 2 heterocycles. The first-order valence-corrected chi connectivity index (χ1v) is 9.08. The number of aromatic nitrogens is 1. The number of nitrogens with one attached hydrogen (secondary N) is 1. The Bertz CT molecular complexity index is 803. The van der Waals surface area contributed by atoms with Crippen molar-refractivity contribution in [2.45, 2.75) is 32.4 Å². The maximum atomic E-state index is 13.1. The van der Waals surface area contributed by atoms with Gasteiger partial charge in [0.2, 0.25) is 0 Å². The van der Waals surface area contributed by atoms with E-state index in [-0.39, 0.29) is 5.43 Å². The van der Waals surface area contributed by atoms with E-state index in [9.17, 15) is 4.79 Å². The molecular weight excluding hydrogens is 312 g/mol. The smallest absolute Gasteiger partial charge is 0.194 e. The number of piperidine rings is 1. The summed E-state index contributed by atoms with van der Waals surface area (Å²) in [5, 5.41) is 0.781. The molecule has 1 fully saturated rings. The number of aryl methyl sites for hydroxylation is 1. The highest BCUT2D eigenvalue weighted by Crippen LogP contribution is 2.21. The van der Waals surface area contributed by atoms with Crippen LogP contribution in [-0.4, -0.2) is 62.1 Å². The second kappa shape index (κ2) is 7.18. The third kappa shape index (κ3) is 3.72. The zero-order chi connectivity index (χ0) is 18.1. The van der Waals surface area contributed by atoms with Gasteiger partial charge in [0.15, 0.2) is 5.43 Å². The van der Waals surface area contributed by atoms with Crippen molar-refractivity contribution in [1.29, 1.82) is 0 Å². The van der Waals surface area contributed by atoms with E-state index in [1.807, 2.05) is 44.1 Å². The highest BCUT2D eigenvalue weighted by atomic mass is 16.1. The van der Waals surface area contributed by atoms with Crippen molar-refractivity contribution in [2.24, 2.45) is 0 Å². The van der Waals surface area contributed by atoms with Crippen molar-refractivity contribution in [3.63, 3.8) is 0 Å². The van der Waals surface area contributed by atoms with Crippen molar-refractivity contribution in [1.82, 2.24) is 14.8 Å². The minimum atomic E-state index is 0.162. The summed E-state index contributed by atoms with van der Waals surface area (Å²) in [6.45, 7) is 4.98. The summed E-state index contributed by atoms with van der Waals surface area (Å²) in [6, 6.07) is 6.59. The number of benzene rings is 1. The van der Waals surface area contributed by atoms with E-state index in [1.54, 1.807) is 0 Å². The van der Waals surface area contributed by atoms with Crippen molar-refractivity contribution >= 4 is 16.6 Å². The van der Waals surface area contributed by atoms with Crippen LogP contribution in [0.25, 0.3) is 10.9 Å². The molecule has 0 spiro atoms.